The Morgan fingerprint density at radius 3 is 1.26 bits per heavy atom. The van der Waals surface area contributed by atoms with Crippen LogP contribution in [0, 0.1) is 23.7 Å². The molecule has 2 aromatic heterocycles. The average molecular weight is 1430 g/mol. The van der Waals surface area contributed by atoms with Crippen LogP contribution in [0.25, 0.3) is 0 Å². The number of rotatable bonds is 41. The summed E-state index contributed by atoms with van der Waals surface area (Å²) in [6, 6.07) is 4.25. The number of phenolic OH excluding ortho intramolecular Hbond substituents is 3. The average Bonchev–Trinajstić information content (AvgIpc) is 1.17. The largest absolute Gasteiger partial charge is 0.508 e. The van der Waals surface area contributed by atoms with Crippen LogP contribution in [0.1, 0.15) is 116 Å². The molecule has 33 nitrogen and oxygen atoms in total. The maximum atomic E-state index is 14.5. The number of benzene rings is 3. The lowest BCUT2D eigenvalue weighted by atomic mass is 9.99. The van der Waals surface area contributed by atoms with Crippen molar-refractivity contribution in [3.05, 3.63) is 126 Å². The Bertz CT molecular complexity index is 3680. The van der Waals surface area contributed by atoms with Gasteiger partial charge in [-0.25, -0.2) is 9.97 Å². The van der Waals surface area contributed by atoms with Crippen LogP contribution in [0.3, 0.4) is 0 Å². The van der Waals surface area contributed by atoms with E-state index in [0.29, 0.717) is 22.5 Å². The number of hydrogen-bond acceptors (Lipinski definition) is 18. The molecule has 0 saturated carbocycles. The molecule has 3 aromatic carbocycles. The number of aromatic amines is 2. The number of H-pyrrole nitrogens is 2. The third-order valence-corrected chi connectivity index (χ3v) is 16.5. The van der Waals surface area contributed by atoms with Crippen molar-refractivity contribution in [1.29, 1.82) is 0 Å². The molecule has 0 unspecified atom stereocenters. The Labute approximate surface area is 596 Å². The van der Waals surface area contributed by atoms with Gasteiger partial charge in [0.15, 0.2) is 0 Å². The van der Waals surface area contributed by atoms with E-state index in [1.165, 1.54) is 80.5 Å². The van der Waals surface area contributed by atoms with Gasteiger partial charge < -0.3 is 95.2 Å². The molecule has 5 rings (SSSR count). The van der Waals surface area contributed by atoms with Gasteiger partial charge in [0.05, 0.1) is 25.6 Å². The molecule has 2 heterocycles. The zero-order chi connectivity index (χ0) is 76.2. The Morgan fingerprint density at radius 2 is 0.806 bits per heavy atom. The van der Waals surface area contributed by atoms with Crippen molar-refractivity contribution < 1.29 is 77.6 Å². The number of carbonyl (C=O) groups excluding carboxylic acids is 13. The van der Waals surface area contributed by atoms with Gasteiger partial charge in [-0.2, -0.15) is 0 Å². The minimum absolute atomic E-state index is 0.0215. The number of phenols is 3. The molecule has 5 aromatic rings. The van der Waals surface area contributed by atoms with E-state index in [1.807, 2.05) is 0 Å². The molecule has 0 spiro atoms. The van der Waals surface area contributed by atoms with Gasteiger partial charge in [-0.15, -0.1) is 0 Å². The van der Waals surface area contributed by atoms with Gasteiger partial charge in [-0.1, -0.05) is 91.8 Å². The number of imidazole rings is 2. The zero-order valence-corrected chi connectivity index (χ0v) is 59.1. The third kappa shape index (κ3) is 27.9. The number of primary amides is 2. The molecule has 103 heavy (non-hydrogen) atoms. The van der Waals surface area contributed by atoms with Crippen LogP contribution in [0.2, 0.25) is 0 Å². The third-order valence-electron chi connectivity index (χ3n) is 16.5. The molecule has 0 bridgehead atoms. The number of nitrogens with one attached hydrogen (secondary N) is 13. The highest BCUT2D eigenvalue weighted by Crippen LogP contribution is 2.18. The predicted octanol–water partition coefficient (Wildman–Crippen LogP) is -1.10. The van der Waals surface area contributed by atoms with Gasteiger partial charge in [0.25, 0.3) is 0 Å². The van der Waals surface area contributed by atoms with Crippen molar-refractivity contribution in [2.75, 3.05) is 6.54 Å². The Hall–Kier alpha value is -11.4. The summed E-state index contributed by atoms with van der Waals surface area (Å²) in [7, 11) is 0. The summed E-state index contributed by atoms with van der Waals surface area (Å²) < 4.78 is 0. The van der Waals surface area contributed by atoms with E-state index in [4.69, 9.17) is 11.5 Å². The van der Waals surface area contributed by atoms with Crippen molar-refractivity contribution in [3.8, 4) is 17.2 Å². The van der Waals surface area contributed by atoms with Gasteiger partial charge in [0.2, 0.25) is 76.8 Å². The van der Waals surface area contributed by atoms with Crippen molar-refractivity contribution in [2.24, 2.45) is 35.1 Å². The molecule has 0 aliphatic carbocycles. The van der Waals surface area contributed by atoms with E-state index in [0.717, 1.165) is 5.56 Å². The van der Waals surface area contributed by atoms with Gasteiger partial charge in [-0.3, -0.25) is 62.3 Å². The second-order valence-electron chi connectivity index (χ2n) is 26.6. The molecule has 20 N–H and O–H groups in total. The van der Waals surface area contributed by atoms with Crippen molar-refractivity contribution in [1.82, 2.24) is 78.4 Å². The highest BCUT2D eigenvalue weighted by molar-refractivity contribution is 6.00. The minimum Gasteiger partial charge on any atom is -0.508 e. The summed E-state index contributed by atoms with van der Waals surface area (Å²) in [4.78, 5) is 192. The van der Waals surface area contributed by atoms with Crippen molar-refractivity contribution in [2.45, 2.75) is 181 Å². The fourth-order valence-corrected chi connectivity index (χ4v) is 10.7. The zero-order valence-electron chi connectivity index (χ0n) is 59.1. The monoisotopic (exact) mass is 1430 g/mol. The standard InChI is InChI=1S/C70H97N17O16/c1-36(2)26-51(64(97)80-49(24-16-41-10-18-46(88)19-11-41)63(96)86-60(39(7)8)70(103)84-53(29-45-32-74-35-77-45)66(99)81-50(61(72)94)28-44-31-73-34-76-44)79-57(93)33-75-62(95)40(9)78-68(101)59(38(5)6)87-67(100)54(30-55(71)91)82-65(98)52(27-43-14-22-48(90)23-15-43)83-69(102)58(37(3)4)85-56(92)25-17-42-12-20-47(89)21-13-42/h10-15,18-23,31-32,34-40,49-54,58-60,88-90H,16-17,24-30,33H2,1-9H3,(H2,71,91)(H2,72,94)(H,73,76)(H,74,77)(H,75,95)(H,78,101)(H,79,93)(H,80,97)(H,81,99)(H,82,98)(H,83,102)(H,84,103)(H,85,92)(H,86,96)(H,87,100)/t40-,49-,50-,51-,52-,53-,54-,58-,59-,60-/m1/s1. The number of hydrogen-bond donors (Lipinski definition) is 18. The van der Waals surface area contributed by atoms with Gasteiger partial charge in [-0.05, 0) is 109 Å². The number of aromatic nitrogens is 4. The van der Waals surface area contributed by atoms with Crippen molar-refractivity contribution >= 4 is 76.8 Å². The van der Waals surface area contributed by atoms with Crippen LogP contribution >= 0.6 is 0 Å². The number of aromatic hydroxyl groups is 3. The molecule has 558 valence electrons. The minimum atomic E-state index is -1.74. The summed E-state index contributed by atoms with van der Waals surface area (Å²) in [5, 5.41) is 58.1. The van der Waals surface area contributed by atoms with Crippen LogP contribution in [-0.2, 0) is 94.4 Å². The molecular weight excluding hydrogens is 1330 g/mol. The topological polar surface area (TPSA) is 524 Å². The van der Waals surface area contributed by atoms with Crippen LogP contribution in [0.5, 0.6) is 17.2 Å². The van der Waals surface area contributed by atoms with Crippen molar-refractivity contribution in [3.63, 3.8) is 0 Å². The molecule has 0 aliphatic heterocycles. The van der Waals surface area contributed by atoms with E-state index in [2.05, 4.69) is 78.4 Å². The Kier molecular flexibility index (Phi) is 32.1. The molecule has 0 fully saturated rings. The normalized spacial score (nSPS) is 14.1. The van der Waals surface area contributed by atoms with E-state index in [1.54, 1.807) is 79.7 Å². The smallest absolute Gasteiger partial charge is 0.243 e. The molecule has 13 amide bonds. The predicted molar refractivity (Wildman–Crippen MR) is 374 cm³/mol. The summed E-state index contributed by atoms with van der Waals surface area (Å²) in [5.74, 6) is -13.3. The fourth-order valence-electron chi connectivity index (χ4n) is 10.7. The van der Waals surface area contributed by atoms with E-state index >= 15 is 0 Å². The SMILES string of the molecule is CC(C)C[C@@H](NC(=O)CNC(=O)[C@@H](C)NC(=O)[C@H](NC(=O)[C@@H](CC(N)=O)NC(=O)[C@@H](Cc1ccc(O)cc1)NC(=O)[C@H](NC(=O)CCc1ccc(O)cc1)C(C)C)C(C)C)C(=O)N[C@H](CCc1ccc(O)cc1)C(=O)N[C@@H](C(=O)N[C@H](Cc1cnc[nH]1)C(=O)N[C@H](Cc1cnc[nH]1)C(N)=O)C(C)C. The van der Waals surface area contributed by atoms with E-state index in [9.17, 15) is 77.6 Å². The summed E-state index contributed by atoms with van der Waals surface area (Å²) in [6.45, 7) is 13.8. The first-order valence-electron chi connectivity index (χ1n) is 33.8. The quantitative estimate of drug-likeness (QED) is 0.0221. The lowest BCUT2D eigenvalue weighted by Gasteiger charge is -2.29. The molecule has 0 radical (unpaired) electrons. The molecule has 10 atom stereocenters. The van der Waals surface area contributed by atoms with Gasteiger partial charge in [0, 0.05) is 49.5 Å². The molecular formula is C70H97N17O16. The highest BCUT2D eigenvalue weighted by atomic mass is 16.3. The number of nitrogens with zero attached hydrogens (tertiary/aromatic N) is 2. The van der Waals surface area contributed by atoms with Gasteiger partial charge in [0.1, 0.15) is 77.7 Å². The second-order valence-corrected chi connectivity index (χ2v) is 26.6. The fraction of sp³-hybridized carbons (Fsp3) is 0.471. The molecule has 0 saturated heterocycles. The Balaban J connectivity index is 1.24. The summed E-state index contributed by atoms with van der Waals surface area (Å²) in [6.07, 6.45) is 4.82. The maximum absolute atomic E-state index is 14.5. The lowest BCUT2D eigenvalue weighted by molar-refractivity contribution is -0.136. The van der Waals surface area contributed by atoms with E-state index < -0.39 is 168 Å². The summed E-state index contributed by atoms with van der Waals surface area (Å²) >= 11 is 0. The number of nitrogens with two attached hydrogens (primary N) is 2. The number of amides is 13. The number of aryl methyl sites for hydroxylation is 2. The highest BCUT2D eigenvalue weighted by Gasteiger charge is 2.37. The van der Waals surface area contributed by atoms with Gasteiger partial charge >= 0.3 is 0 Å². The van der Waals surface area contributed by atoms with Crippen LogP contribution in [0.4, 0.5) is 0 Å². The molecule has 33 heteroatoms. The lowest BCUT2D eigenvalue weighted by Crippen LogP contribution is -2.61. The first-order chi connectivity index (χ1) is 48.7. The molecule has 0 aliphatic rings. The first kappa shape index (κ1) is 82.3. The Morgan fingerprint density at radius 1 is 0.408 bits per heavy atom. The van der Waals surface area contributed by atoms with Crippen LogP contribution < -0.4 is 70.0 Å². The number of carbonyl (C=O) groups is 13. The second kappa shape index (κ2) is 40.1. The maximum Gasteiger partial charge on any atom is 0.243 e. The van der Waals surface area contributed by atoms with Crippen LogP contribution in [0.15, 0.2) is 97.8 Å². The first-order valence-corrected chi connectivity index (χ1v) is 33.8. The van der Waals surface area contributed by atoms with Crippen LogP contribution in [-0.4, -0.2) is 179 Å². The summed E-state index contributed by atoms with van der Waals surface area (Å²) in [5.41, 5.74) is 14.0. The van der Waals surface area contributed by atoms with E-state index in [-0.39, 0.29) is 74.5 Å².